The molecule has 2 fully saturated rings. The second-order valence-electron chi connectivity index (χ2n) is 6.87. The van der Waals surface area contributed by atoms with E-state index in [1.165, 1.54) is 56.8 Å². The number of piperidine rings is 1. The van der Waals surface area contributed by atoms with Gasteiger partial charge in [0.15, 0.2) is 0 Å². The van der Waals surface area contributed by atoms with Crippen molar-refractivity contribution in [2.24, 2.45) is 11.3 Å². The number of hydrogen-bond acceptors (Lipinski definition) is 3. The molecular weight excluding hydrogens is 246 g/mol. The van der Waals surface area contributed by atoms with Gasteiger partial charge in [0, 0.05) is 26.7 Å². The normalized spacial score (nSPS) is 27.6. The molecule has 1 spiro atoms. The minimum atomic E-state index is 0.698. The summed E-state index contributed by atoms with van der Waals surface area (Å²) in [5, 5.41) is 3.51. The average molecular weight is 271 g/mol. The quantitative estimate of drug-likeness (QED) is 0.890. The van der Waals surface area contributed by atoms with Crippen LogP contribution in [-0.4, -0.2) is 39.8 Å². The second-order valence-corrected chi connectivity index (χ2v) is 6.87. The first kappa shape index (κ1) is 12.5. The van der Waals surface area contributed by atoms with Gasteiger partial charge in [-0.25, -0.2) is 0 Å². The van der Waals surface area contributed by atoms with E-state index in [1.54, 1.807) is 0 Å². The lowest BCUT2D eigenvalue weighted by molar-refractivity contribution is 0.323. The van der Waals surface area contributed by atoms with E-state index in [1.807, 2.05) is 0 Å². The van der Waals surface area contributed by atoms with Crippen molar-refractivity contribution in [3.8, 4) is 0 Å². The molecule has 3 aliphatic rings. The molecule has 4 rings (SSSR count). The molecule has 1 saturated carbocycles. The molecule has 1 atom stereocenters. The number of benzene rings is 1. The number of rotatable bonds is 2. The molecule has 1 aromatic rings. The molecule has 3 heteroatoms. The fraction of sp³-hybridized carbons (Fsp3) is 0.647. The van der Waals surface area contributed by atoms with E-state index in [0.717, 1.165) is 12.5 Å². The third-order valence-corrected chi connectivity index (χ3v) is 5.74. The molecule has 3 nitrogen and oxygen atoms in total. The first-order valence-electron chi connectivity index (χ1n) is 8.04. The van der Waals surface area contributed by atoms with Gasteiger partial charge in [0.2, 0.25) is 0 Å². The van der Waals surface area contributed by atoms with Gasteiger partial charge in [-0.15, -0.1) is 0 Å². The van der Waals surface area contributed by atoms with Crippen LogP contribution in [0.3, 0.4) is 0 Å². The third kappa shape index (κ3) is 1.99. The molecule has 0 aromatic heterocycles. The Morgan fingerprint density at radius 3 is 2.70 bits per heavy atom. The molecule has 0 bridgehead atoms. The minimum absolute atomic E-state index is 0.698. The van der Waals surface area contributed by atoms with Gasteiger partial charge in [-0.05, 0) is 55.8 Å². The van der Waals surface area contributed by atoms with Crippen molar-refractivity contribution < 1.29 is 0 Å². The zero-order valence-electron chi connectivity index (χ0n) is 12.4. The Hall–Kier alpha value is -1.22. The summed E-state index contributed by atoms with van der Waals surface area (Å²) in [6.07, 6.45) is 4.25. The Balaban J connectivity index is 1.49. The number of likely N-dealkylation sites (N-methyl/N-ethyl adjacent to an activating group) is 1. The highest BCUT2D eigenvalue weighted by Crippen LogP contribution is 2.59. The first-order valence-corrected chi connectivity index (χ1v) is 8.04. The Morgan fingerprint density at radius 1 is 1.15 bits per heavy atom. The molecule has 1 aliphatic carbocycles. The van der Waals surface area contributed by atoms with Gasteiger partial charge in [-0.2, -0.15) is 0 Å². The lowest BCUT2D eigenvalue weighted by Crippen LogP contribution is -2.41. The van der Waals surface area contributed by atoms with Crippen molar-refractivity contribution >= 4 is 11.4 Å². The van der Waals surface area contributed by atoms with Crippen molar-refractivity contribution in [1.29, 1.82) is 0 Å². The van der Waals surface area contributed by atoms with Crippen molar-refractivity contribution in [2.75, 3.05) is 49.6 Å². The molecule has 2 heterocycles. The van der Waals surface area contributed by atoms with Crippen LogP contribution < -0.4 is 15.1 Å². The molecule has 0 amide bonds. The van der Waals surface area contributed by atoms with Gasteiger partial charge in [-0.3, -0.25) is 0 Å². The highest BCUT2D eigenvalue weighted by Gasteiger charge is 2.54. The number of hydrogen-bond donors (Lipinski definition) is 1. The first-order chi connectivity index (χ1) is 9.78. The summed E-state index contributed by atoms with van der Waals surface area (Å²) in [7, 11) is 2.21. The monoisotopic (exact) mass is 271 g/mol. The number of fused-ring (bicyclic) bond motifs is 1. The van der Waals surface area contributed by atoms with Gasteiger partial charge in [0.25, 0.3) is 0 Å². The lowest BCUT2D eigenvalue weighted by Gasteiger charge is -2.37. The molecule has 1 N–H and O–H groups in total. The number of nitrogens with one attached hydrogen (secondary N) is 1. The predicted molar refractivity (Wildman–Crippen MR) is 84.6 cm³/mol. The summed E-state index contributed by atoms with van der Waals surface area (Å²) < 4.78 is 0. The molecule has 1 aromatic carbocycles. The summed E-state index contributed by atoms with van der Waals surface area (Å²) in [6.45, 7) is 6.06. The predicted octanol–water partition coefficient (Wildman–Crippen LogP) is 2.33. The molecule has 20 heavy (non-hydrogen) atoms. The van der Waals surface area contributed by atoms with Crippen LogP contribution in [0.15, 0.2) is 24.3 Å². The fourth-order valence-corrected chi connectivity index (χ4v) is 4.25. The van der Waals surface area contributed by atoms with Crippen LogP contribution in [0, 0.1) is 11.3 Å². The van der Waals surface area contributed by atoms with Gasteiger partial charge < -0.3 is 15.1 Å². The highest BCUT2D eigenvalue weighted by atomic mass is 15.3. The van der Waals surface area contributed by atoms with E-state index in [0.29, 0.717) is 5.41 Å². The van der Waals surface area contributed by atoms with Crippen molar-refractivity contribution in [1.82, 2.24) is 5.32 Å². The van der Waals surface area contributed by atoms with Crippen molar-refractivity contribution in [2.45, 2.75) is 19.3 Å². The standard InChI is InChI=1S/C17H25N3/c1-19-10-11-20(16-5-3-2-4-15(16)19)13-14-12-17(14)6-8-18-9-7-17/h2-5,14,18H,6-13H2,1H3. The molecular formula is C17H25N3. The van der Waals surface area contributed by atoms with Crippen LogP contribution in [0.25, 0.3) is 0 Å². The Bertz CT molecular complexity index is 493. The Kier molecular flexibility index (Phi) is 2.92. The summed E-state index contributed by atoms with van der Waals surface area (Å²) in [5.74, 6) is 0.932. The van der Waals surface area contributed by atoms with Gasteiger partial charge >= 0.3 is 0 Å². The summed E-state index contributed by atoms with van der Waals surface area (Å²) in [4.78, 5) is 5.02. The van der Waals surface area contributed by atoms with Gasteiger partial charge in [0.05, 0.1) is 11.4 Å². The molecule has 108 valence electrons. The maximum atomic E-state index is 3.51. The Labute approximate surface area is 121 Å². The van der Waals surface area contributed by atoms with Crippen LogP contribution in [-0.2, 0) is 0 Å². The topological polar surface area (TPSA) is 18.5 Å². The largest absolute Gasteiger partial charge is 0.371 e. The minimum Gasteiger partial charge on any atom is -0.371 e. The van der Waals surface area contributed by atoms with E-state index in [9.17, 15) is 0 Å². The number of para-hydroxylation sites is 2. The van der Waals surface area contributed by atoms with E-state index in [2.05, 4.69) is 46.4 Å². The molecule has 1 unspecified atom stereocenters. The fourth-order valence-electron chi connectivity index (χ4n) is 4.25. The summed E-state index contributed by atoms with van der Waals surface area (Å²) in [6, 6.07) is 8.89. The summed E-state index contributed by atoms with van der Waals surface area (Å²) >= 11 is 0. The second kappa shape index (κ2) is 4.66. The number of nitrogens with zero attached hydrogens (tertiary/aromatic N) is 2. The average Bonchev–Trinajstić information content (AvgIpc) is 3.14. The number of anilines is 2. The smallest absolute Gasteiger partial charge is 0.0604 e. The van der Waals surface area contributed by atoms with Gasteiger partial charge in [-0.1, -0.05) is 12.1 Å². The SMILES string of the molecule is CN1CCN(CC2CC23CCNCC3)c2ccccc21. The van der Waals surface area contributed by atoms with Crippen LogP contribution in [0.2, 0.25) is 0 Å². The van der Waals surface area contributed by atoms with Gasteiger partial charge in [0.1, 0.15) is 0 Å². The van der Waals surface area contributed by atoms with E-state index in [-0.39, 0.29) is 0 Å². The zero-order valence-corrected chi connectivity index (χ0v) is 12.4. The van der Waals surface area contributed by atoms with Crippen molar-refractivity contribution in [3.63, 3.8) is 0 Å². The van der Waals surface area contributed by atoms with Crippen LogP contribution in [0.4, 0.5) is 11.4 Å². The molecule has 1 saturated heterocycles. The van der Waals surface area contributed by atoms with Crippen LogP contribution >= 0.6 is 0 Å². The maximum absolute atomic E-state index is 3.51. The maximum Gasteiger partial charge on any atom is 0.0604 e. The molecule has 2 aliphatic heterocycles. The highest BCUT2D eigenvalue weighted by molar-refractivity contribution is 5.73. The third-order valence-electron chi connectivity index (χ3n) is 5.74. The van der Waals surface area contributed by atoms with Crippen LogP contribution in [0.1, 0.15) is 19.3 Å². The van der Waals surface area contributed by atoms with E-state index in [4.69, 9.17) is 0 Å². The van der Waals surface area contributed by atoms with E-state index < -0.39 is 0 Å². The van der Waals surface area contributed by atoms with Crippen LogP contribution in [0.5, 0.6) is 0 Å². The lowest BCUT2D eigenvalue weighted by atomic mass is 9.91. The summed E-state index contributed by atoms with van der Waals surface area (Å²) in [5.41, 5.74) is 3.54. The zero-order chi connectivity index (χ0) is 13.6. The Morgan fingerprint density at radius 2 is 1.90 bits per heavy atom. The van der Waals surface area contributed by atoms with E-state index >= 15 is 0 Å². The molecule has 0 radical (unpaired) electrons. The van der Waals surface area contributed by atoms with Crippen molar-refractivity contribution in [3.05, 3.63) is 24.3 Å².